The maximum Gasteiger partial charge on any atom is 0.187 e. The van der Waals surface area contributed by atoms with E-state index in [1.54, 1.807) is 24.6 Å². The Morgan fingerprint density at radius 3 is 1.45 bits per heavy atom. The lowest BCUT2D eigenvalue weighted by Crippen LogP contribution is -2.27. The summed E-state index contributed by atoms with van der Waals surface area (Å²) in [7, 11) is 6.77. The number of carbonyl (C=O) groups is 2. The summed E-state index contributed by atoms with van der Waals surface area (Å²) in [6.07, 6.45) is 6.71. The number of allylic oxidation sites excluding steroid dienone is 2. The van der Waals surface area contributed by atoms with Crippen LogP contribution in [0.1, 0.15) is 41.5 Å². The lowest BCUT2D eigenvalue weighted by molar-refractivity contribution is 0.103. The molecule has 2 aromatic rings. The van der Waals surface area contributed by atoms with Crippen LogP contribution in [-0.2, 0) is 0 Å². The van der Waals surface area contributed by atoms with E-state index >= 15 is 0 Å². The average Bonchev–Trinajstić information content (AvgIpc) is 2.69. The van der Waals surface area contributed by atoms with Gasteiger partial charge in [-0.05, 0) is 35.8 Å². The van der Waals surface area contributed by atoms with Crippen molar-refractivity contribution in [1.29, 1.82) is 0 Å². The maximum absolute atomic E-state index is 12.6. The number of nitrogens with zero attached hydrogens (tertiary/aromatic N) is 2. The van der Waals surface area contributed by atoms with Crippen molar-refractivity contribution >= 4 is 30.1 Å². The highest BCUT2D eigenvalue weighted by Crippen LogP contribution is 2.47. The smallest absolute Gasteiger partial charge is 0.187 e. The van der Waals surface area contributed by atoms with Crippen LogP contribution in [0.2, 0.25) is 0 Å². The van der Waals surface area contributed by atoms with Crippen LogP contribution in [-0.4, -0.2) is 54.7 Å². The van der Waals surface area contributed by atoms with Crippen LogP contribution in [0.25, 0.3) is 0 Å². The van der Waals surface area contributed by atoms with E-state index in [1.807, 2.05) is 74.4 Å². The summed E-state index contributed by atoms with van der Waals surface area (Å²) in [5, 5.41) is 2.21. The van der Waals surface area contributed by atoms with E-state index in [9.17, 15) is 9.59 Å². The third kappa shape index (κ3) is 7.18. The highest BCUT2D eigenvalue weighted by molar-refractivity contribution is 7.74. The molecule has 0 fully saturated rings. The van der Waals surface area contributed by atoms with Crippen LogP contribution in [0.4, 0.5) is 0 Å². The van der Waals surface area contributed by atoms with Crippen molar-refractivity contribution in [2.75, 3.05) is 28.2 Å². The molecule has 164 valence electrons. The number of hydrogen-bond donors (Lipinski definition) is 0. The Hall–Kier alpha value is -2.71. The lowest BCUT2D eigenvalue weighted by atomic mass is 10.1. The van der Waals surface area contributed by atoms with E-state index in [0.29, 0.717) is 11.1 Å². The largest absolute Gasteiger partial charge is 0.383 e. The molecule has 2 aromatic carbocycles. The lowest BCUT2D eigenvalue weighted by Gasteiger charge is -2.32. The fraction of sp³-hybridized carbons (Fsp3) is 0.308. The number of hydrogen-bond acceptors (Lipinski definition) is 4. The molecule has 5 heteroatoms. The molecule has 0 aliphatic rings. The van der Waals surface area contributed by atoms with Gasteiger partial charge in [-0.3, -0.25) is 9.59 Å². The van der Waals surface area contributed by atoms with Gasteiger partial charge in [0.2, 0.25) is 0 Å². The molecule has 0 N–H and O–H groups in total. The molecule has 0 bridgehead atoms. The summed E-state index contributed by atoms with van der Waals surface area (Å²) in [6.45, 7) is 6.62. The van der Waals surface area contributed by atoms with E-state index in [1.165, 1.54) is 0 Å². The number of rotatable bonds is 8. The predicted octanol–water partition coefficient (Wildman–Crippen LogP) is 4.43. The second-order valence-corrected chi connectivity index (χ2v) is 11.9. The van der Waals surface area contributed by atoms with E-state index in [4.69, 9.17) is 0 Å². The summed E-state index contributed by atoms with van der Waals surface area (Å²) in [5.74, 6) is -0.0330. The zero-order valence-corrected chi connectivity index (χ0v) is 20.5. The number of carbonyl (C=O) groups excluding carboxylic acids is 2. The Bertz CT molecular complexity index is 911. The number of benzene rings is 2. The summed E-state index contributed by atoms with van der Waals surface area (Å²) in [4.78, 5) is 28.9. The van der Waals surface area contributed by atoms with Gasteiger partial charge in [-0.2, -0.15) is 0 Å². The molecule has 0 saturated carbocycles. The van der Waals surface area contributed by atoms with Crippen LogP contribution < -0.4 is 10.6 Å². The number of ketones is 2. The summed E-state index contributed by atoms with van der Waals surface area (Å²) >= 11 is 0. The van der Waals surface area contributed by atoms with Gasteiger partial charge in [0.1, 0.15) is 0 Å². The SMILES string of the molecule is CN(C)/C=C/C(=O)c1cccc(P(c2cccc(C(=O)/C=C/N(C)C)c2)C(C)(C)C)c1. The van der Waals surface area contributed by atoms with Crippen LogP contribution in [0.5, 0.6) is 0 Å². The minimum Gasteiger partial charge on any atom is -0.383 e. The standard InChI is InChI=1S/C26H33N2O2P/c1-26(2,3)31(22-12-8-10-20(18-22)24(29)14-16-27(4)5)23-13-9-11-21(19-23)25(30)15-17-28(6)7/h8-19H,1-7H3/b16-14+,17-15+. The molecule has 0 amide bonds. The predicted molar refractivity (Wildman–Crippen MR) is 133 cm³/mol. The normalized spacial score (nSPS) is 12.0. The Morgan fingerprint density at radius 2 is 1.13 bits per heavy atom. The molecular weight excluding hydrogens is 403 g/mol. The quantitative estimate of drug-likeness (QED) is 0.349. The van der Waals surface area contributed by atoms with Crippen LogP contribution in [0, 0.1) is 0 Å². The monoisotopic (exact) mass is 436 g/mol. The first-order chi connectivity index (χ1) is 14.5. The summed E-state index contributed by atoms with van der Waals surface area (Å²) in [6, 6.07) is 15.8. The fourth-order valence-corrected chi connectivity index (χ4v) is 6.00. The Balaban J connectivity index is 2.47. The molecule has 0 atom stereocenters. The molecule has 0 aromatic heterocycles. The van der Waals surface area contributed by atoms with Crippen molar-refractivity contribution in [3.63, 3.8) is 0 Å². The zero-order valence-electron chi connectivity index (χ0n) is 19.6. The van der Waals surface area contributed by atoms with E-state index in [2.05, 4.69) is 32.9 Å². The van der Waals surface area contributed by atoms with E-state index in [-0.39, 0.29) is 16.7 Å². The molecule has 0 aliphatic heterocycles. The summed E-state index contributed by atoms with van der Waals surface area (Å²) in [5.41, 5.74) is 1.35. The second kappa shape index (κ2) is 10.5. The average molecular weight is 437 g/mol. The molecule has 0 aliphatic carbocycles. The van der Waals surface area contributed by atoms with Crippen LogP contribution in [0.15, 0.2) is 73.1 Å². The van der Waals surface area contributed by atoms with Gasteiger partial charge >= 0.3 is 0 Å². The van der Waals surface area contributed by atoms with Gasteiger partial charge in [-0.25, -0.2) is 0 Å². The van der Waals surface area contributed by atoms with Gasteiger partial charge in [-0.15, -0.1) is 0 Å². The zero-order chi connectivity index (χ0) is 23.2. The maximum atomic E-state index is 12.6. The molecular formula is C26H33N2O2P. The van der Waals surface area contributed by atoms with Gasteiger partial charge < -0.3 is 9.80 Å². The van der Waals surface area contributed by atoms with Crippen molar-refractivity contribution in [2.24, 2.45) is 0 Å². The molecule has 0 spiro atoms. The molecule has 0 heterocycles. The first-order valence-electron chi connectivity index (χ1n) is 10.3. The fourth-order valence-electron chi connectivity index (χ4n) is 3.15. The van der Waals surface area contributed by atoms with E-state index in [0.717, 1.165) is 10.6 Å². The van der Waals surface area contributed by atoms with Gasteiger partial charge in [0, 0.05) is 63.9 Å². The topological polar surface area (TPSA) is 40.6 Å². The summed E-state index contributed by atoms with van der Waals surface area (Å²) < 4.78 is 0. The van der Waals surface area contributed by atoms with Crippen molar-refractivity contribution in [1.82, 2.24) is 9.80 Å². The van der Waals surface area contributed by atoms with Crippen LogP contribution >= 0.6 is 7.92 Å². The Labute approximate surface area is 188 Å². The van der Waals surface area contributed by atoms with Gasteiger partial charge in [0.25, 0.3) is 0 Å². The molecule has 0 radical (unpaired) electrons. The van der Waals surface area contributed by atoms with Crippen molar-refractivity contribution in [3.8, 4) is 0 Å². The third-order valence-corrected chi connectivity index (χ3v) is 7.43. The van der Waals surface area contributed by atoms with Crippen LogP contribution in [0.3, 0.4) is 0 Å². The highest BCUT2D eigenvalue weighted by Gasteiger charge is 2.28. The Morgan fingerprint density at radius 1 is 0.742 bits per heavy atom. The van der Waals surface area contributed by atoms with Crippen molar-refractivity contribution in [2.45, 2.75) is 25.9 Å². The minimum atomic E-state index is -0.791. The van der Waals surface area contributed by atoms with E-state index < -0.39 is 7.92 Å². The minimum absolute atomic E-state index is 0.0165. The third-order valence-electron chi connectivity index (χ3n) is 4.50. The molecule has 0 unspecified atom stereocenters. The molecule has 31 heavy (non-hydrogen) atoms. The van der Waals surface area contributed by atoms with Gasteiger partial charge in [0.15, 0.2) is 11.6 Å². The molecule has 0 saturated heterocycles. The van der Waals surface area contributed by atoms with Crippen molar-refractivity contribution in [3.05, 3.63) is 84.2 Å². The van der Waals surface area contributed by atoms with Gasteiger partial charge in [0.05, 0.1) is 0 Å². The second-order valence-electron chi connectivity index (χ2n) is 8.89. The Kier molecular flexibility index (Phi) is 8.36. The molecule has 2 rings (SSSR count). The van der Waals surface area contributed by atoms with Crippen molar-refractivity contribution < 1.29 is 9.59 Å². The first-order valence-corrected chi connectivity index (χ1v) is 11.6. The first kappa shape index (κ1) is 24.6. The van der Waals surface area contributed by atoms with Gasteiger partial charge in [-0.1, -0.05) is 57.2 Å². The highest BCUT2D eigenvalue weighted by atomic mass is 31.1. The molecule has 4 nitrogen and oxygen atoms in total.